The molecule has 3 N–H and O–H groups in total. The van der Waals surface area contributed by atoms with Crippen molar-refractivity contribution in [1.29, 1.82) is 0 Å². The predicted octanol–water partition coefficient (Wildman–Crippen LogP) is 3.37. The zero-order valence-corrected chi connectivity index (χ0v) is 16.3. The summed E-state index contributed by atoms with van der Waals surface area (Å²) in [5, 5.41) is 3.05. The maximum Gasteiger partial charge on any atom is 0.222 e. The van der Waals surface area contributed by atoms with E-state index in [2.05, 4.69) is 34.5 Å². The Hall–Kier alpha value is -2.04. The molecule has 1 aliphatic carbocycles. The minimum absolute atomic E-state index is 0.0538. The lowest BCUT2D eigenvalue weighted by molar-refractivity contribution is -0.122. The molecule has 3 rings (SSSR count). The number of amides is 2. The monoisotopic (exact) mass is 371 g/mol. The number of carbonyl (C=O) groups is 2. The molecule has 0 aromatic heterocycles. The molecule has 27 heavy (non-hydrogen) atoms. The number of nitrogens with one attached hydrogen (secondary N) is 1. The molecule has 0 radical (unpaired) electrons. The first-order valence-corrected chi connectivity index (χ1v) is 10.5. The molecule has 0 bridgehead atoms. The first-order chi connectivity index (χ1) is 13.1. The summed E-state index contributed by atoms with van der Waals surface area (Å²) >= 11 is 0. The van der Waals surface area contributed by atoms with Crippen molar-refractivity contribution in [3.05, 3.63) is 29.8 Å². The van der Waals surface area contributed by atoms with Gasteiger partial charge in [0.05, 0.1) is 5.92 Å². The number of carbonyl (C=O) groups excluding carboxylic acids is 2. The Morgan fingerprint density at radius 2 is 1.78 bits per heavy atom. The van der Waals surface area contributed by atoms with E-state index in [-0.39, 0.29) is 17.7 Å². The predicted molar refractivity (Wildman–Crippen MR) is 108 cm³/mol. The summed E-state index contributed by atoms with van der Waals surface area (Å²) in [4.78, 5) is 25.8. The van der Waals surface area contributed by atoms with Gasteiger partial charge >= 0.3 is 0 Å². The van der Waals surface area contributed by atoms with E-state index in [4.69, 9.17) is 5.73 Å². The van der Waals surface area contributed by atoms with E-state index < -0.39 is 0 Å². The molecule has 5 nitrogen and oxygen atoms in total. The quantitative estimate of drug-likeness (QED) is 0.772. The average Bonchev–Trinajstić information content (AvgIpc) is 2.72. The number of piperidine rings is 1. The lowest BCUT2D eigenvalue weighted by Crippen LogP contribution is -2.41. The van der Waals surface area contributed by atoms with Crippen LogP contribution in [-0.2, 0) is 16.1 Å². The van der Waals surface area contributed by atoms with Gasteiger partial charge in [-0.05, 0) is 42.9 Å². The van der Waals surface area contributed by atoms with Crippen molar-refractivity contribution < 1.29 is 9.59 Å². The van der Waals surface area contributed by atoms with Crippen molar-refractivity contribution in [2.75, 3.05) is 18.0 Å². The fourth-order valence-electron chi connectivity index (χ4n) is 4.37. The van der Waals surface area contributed by atoms with Gasteiger partial charge in [-0.1, -0.05) is 44.2 Å². The molecule has 1 saturated heterocycles. The maximum atomic E-state index is 12.1. The highest BCUT2D eigenvalue weighted by Gasteiger charge is 2.24. The van der Waals surface area contributed by atoms with Crippen LogP contribution in [0.1, 0.15) is 63.4 Å². The highest BCUT2D eigenvalue weighted by Crippen LogP contribution is 2.27. The zero-order valence-electron chi connectivity index (χ0n) is 16.3. The third-order valence-electron chi connectivity index (χ3n) is 6.12. The average molecular weight is 372 g/mol. The van der Waals surface area contributed by atoms with Gasteiger partial charge < -0.3 is 16.0 Å². The van der Waals surface area contributed by atoms with Crippen LogP contribution in [0.3, 0.4) is 0 Å². The Morgan fingerprint density at radius 3 is 2.48 bits per heavy atom. The smallest absolute Gasteiger partial charge is 0.222 e. The second-order valence-corrected chi connectivity index (χ2v) is 8.17. The van der Waals surface area contributed by atoms with Gasteiger partial charge in [0.1, 0.15) is 0 Å². The fraction of sp³-hybridized carbons (Fsp3) is 0.636. The van der Waals surface area contributed by atoms with Crippen LogP contribution in [0.5, 0.6) is 0 Å². The molecule has 148 valence electrons. The van der Waals surface area contributed by atoms with Crippen LogP contribution in [0.25, 0.3) is 0 Å². The molecule has 1 saturated carbocycles. The Morgan fingerprint density at radius 1 is 1.04 bits per heavy atom. The second kappa shape index (κ2) is 9.77. The Kier molecular flexibility index (Phi) is 7.13. The summed E-state index contributed by atoms with van der Waals surface area (Å²) in [7, 11) is 0. The third kappa shape index (κ3) is 5.98. The number of hydrogen-bond donors (Lipinski definition) is 2. The zero-order chi connectivity index (χ0) is 19.1. The molecule has 1 aromatic carbocycles. The minimum Gasteiger partial charge on any atom is -0.371 e. The highest BCUT2D eigenvalue weighted by molar-refractivity contribution is 5.77. The summed E-state index contributed by atoms with van der Waals surface area (Å²) < 4.78 is 0. The maximum absolute atomic E-state index is 12.1. The van der Waals surface area contributed by atoms with Gasteiger partial charge in [0.25, 0.3) is 0 Å². The molecule has 5 heteroatoms. The first kappa shape index (κ1) is 19.7. The van der Waals surface area contributed by atoms with Gasteiger partial charge in [-0.15, -0.1) is 0 Å². The largest absolute Gasteiger partial charge is 0.371 e. The van der Waals surface area contributed by atoms with Gasteiger partial charge in [0.15, 0.2) is 0 Å². The lowest BCUT2D eigenvalue weighted by atomic mass is 9.86. The summed E-state index contributed by atoms with van der Waals surface area (Å²) in [6, 6.07) is 8.27. The summed E-state index contributed by atoms with van der Waals surface area (Å²) in [5.74, 6) is 0.650. The number of nitrogens with zero attached hydrogens (tertiary/aromatic N) is 1. The molecule has 1 aliphatic heterocycles. The molecule has 1 atom stereocenters. The van der Waals surface area contributed by atoms with Crippen molar-refractivity contribution in [3.8, 4) is 0 Å². The Labute approximate surface area is 162 Å². The van der Waals surface area contributed by atoms with Gasteiger partial charge in [0, 0.05) is 31.7 Å². The van der Waals surface area contributed by atoms with Crippen LogP contribution in [0.2, 0.25) is 0 Å². The van der Waals surface area contributed by atoms with E-state index in [9.17, 15) is 9.59 Å². The van der Waals surface area contributed by atoms with E-state index in [1.807, 2.05) is 0 Å². The number of rotatable bonds is 7. The molecule has 0 spiro atoms. The summed E-state index contributed by atoms with van der Waals surface area (Å²) in [6.45, 7) is 2.24. The van der Waals surface area contributed by atoms with E-state index in [0.717, 1.165) is 43.0 Å². The van der Waals surface area contributed by atoms with Crippen molar-refractivity contribution in [1.82, 2.24) is 5.32 Å². The van der Waals surface area contributed by atoms with Crippen LogP contribution in [0, 0.1) is 11.8 Å². The van der Waals surface area contributed by atoms with Crippen LogP contribution in [-0.4, -0.2) is 24.9 Å². The Bertz CT molecular complexity index is 623. The van der Waals surface area contributed by atoms with Gasteiger partial charge in [-0.3, -0.25) is 9.59 Å². The molecule has 1 heterocycles. The number of hydrogen-bond acceptors (Lipinski definition) is 3. The van der Waals surface area contributed by atoms with Crippen molar-refractivity contribution >= 4 is 17.5 Å². The van der Waals surface area contributed by atoms with E-state index >= 15 is 0 Å². The van der Waals surface area contributed by atoms with E-state index in [1.54, 1.807) is 0 Å². The Balaban J connectivity index is 1.42. The SMILES string of the molecule is NC(=O)C1CCCN(c2ccc(CNC(=O)CCC3CCCCC3)cc2)C1. The molecule has 1 aromatic rings. The number of benzene rings is 1. The second-order valence-electron chi connectivity index (χ2n) is 8.17. The molecule has 2 aliphatic rings. The van der Waals surface area contributed by atoms with E-state index in [0.29, 0.717) is 19.5 Å². The van der Waals surface area contributed by atoms with Gasteiger partial charge in [-0.25, -0.2) is 0 Å². The fourth-order valence-corrected chi connectivity index (χ4v) is 4.37. The molecule has 2 amide bonds. The highest BCUT2D eigenvalue weighted by atomic mass is 16.2. The van der Waals surface area contributed by atoms with Crippen LogP contribution >= 0.6 is 0 Å². The van der Waals surface area contributed by atoms with Crippen molar-refractivity contribution in [2.45, 2.75) is 64.3 Å². The molecular formula is C22H33N3O2. The molecule has 1 unspecified atom stereocenters. The first-order valence-electron chi connectivity index (χ1n) is 10.5. The van der Waals surface area contributed by atoms with Crippen molar-refractivity contribution in [3.63, 3.8) is 0 Å². The van der Waals surface area contributed by atoms with Crippen LogP contribution < -0.4 is 16.0 Å². The van der Waals surface area contributed by atoms with Gasteiger partial charge in [0.2, 0.25) is 11.8 Å². The number of anilines is 1. The summed E-state index contributed by atoms with van der Waals surface area (Å²) in [6.07, 6.45) is 10.2. The van der Waals surface area contributed by atoms with Crippen LogP contribution in [0.15, 0.2) is 24.3 Å². The van der Waals surface area contributed by atoms with Gasteiger partial charge in [-0.2, -0.15) is 0 Å². The molecule has 2 fully saturated rings. The van der Waals surface area contributed by atoms with Crippen molar-refractivity contribution in [2.24, 2.45) is 17.6 Å². The lowest BCUT2D eigenvalue weighted by Gasteiger charge is -2.33. The third-order valence-corrected chi connectivity index (χ3v) is 6.12. The summed E-state index contributed by atoms with van der Waals surface area (Å²) in [5.41, 5.74) is 7.69. The topological polar surface area (TPSA) is 75.4 Å². The number of nitrogens with two attached hydrogens (primary N) is 1. The van der Waals surface area contributed by atoms with Crippen LogP contribution in [0.4, 0.5) is 5.69 Å². The minimum atomic E-state index is -0.202. The van der Waals surface area contributed by atoms with E-state index in [1.165, 1.54) is 32.1 Å². The normalized spacial score (nSPS) is 21.0. The molecular weight excluding hydrogens is 338 g/mol. The standard InChI is InChI=1S/C22H33N3O2/c23-22(27)19-7-4-14-25(16-19)20-11-8-18(9-12-20)15-24-21(26)13-10-17-5-2-1-3-6-17/h8-9,11-12,17,19H,1-7,10,13-16H2,(H2,23,27)(H,24,26). The number of primary amides is 1.